The Labute approximate surface area is 99.8 Å². The number of hydrogen-bond donors (Lipinski definition) is 0. The molecule has 2 heteroatoms. The quantitative estimate of drug-likeness (QED) is 0.717. The molecule has 0 aromatic carbocycles. The van der Waals surface area contributed by atoms with Gasteiger partial charge in [-0.05, 0) is 31.1 Å². The highest BCUT2D eigenvalue weighted by atomic mass is 16.5. The summed E-state index contributed by atoms with van der Waals surface area (Å²) in [4.78, 5) is 12.4. The summed E-state index contributed by atoms with van der Waals surface area (Å²) in [6.45, 7) is 7.21. The van der Waals surface area contributed by atoms with Crippen LogP contribution in [-0.2, 0) is 9.53 Å². The Balaban J connectivity index is 2.85. The maximum Gasteiger partial charge on any atom is 0.139 e. The predicted molar refractivity (Wildman–Crippen MR) is 66.4 cm³/mol. The van der Waals surface area contributed by atoms with Gasteiger partial charge in [-0.25, -0.2) is 0 Å². The molecule has 0 spiro atoms. The second-order valence-electron chi connectivity index (χ2n) is 5.44. The molecule has 2 nitrogen and oxygen atoms in total. The molecule has 0 amide bonds. The second kappa shape index (κ2) is 5.81. The monoisotopic (exact) mass is 226 g/mol. The van der Waals surface area contributed by atoms with E-state index in [9.17, 15) is 4.79 Å². The van der Waals surface area contributed by atoms with E-state index in [2.05, 4.69) is 20.8 Å². The molecule has 0 bridgehead atoms. The zero-order valence-electron chi connectivity index (χ0n) is 11.2. The first kappa shape index (κ1) is 13.7. The Morgan fingerprint density at radius 2 is 2.12 bits per heavy atom. The number of carbonyl (C=O) groups excluding carboxylic acids is 1. The largest absolute Gasteiger partial charge is 0.384 e. The van der Waals surface area contributed by atoms with Crippen molar-refractivity contribution in [3.63, 3.8) is 0 Å². The summed E-state index contributed by atoms with van der Waals surface area (Å²) >= 11 is 0. The van der Waals surface area contributed by atoms with E-state index in [0.717, 1.165) is 25.9 Å². The maximum atomic E-state index is 12.4. The Morgan fingerprint density at radius 3 is 2.69 bits per heavy atom. The van der Waals surface area contributed by atoms with E-state index in [1.54, 1.807) is 7.11 Å². The molecule has 1 saturated carbocycles. The van der Waals surface area contributed by atoms with Gasteiger partial charge in [0.25, 0.3) is 0 Å². The van der Waals surface area contributed by atoms with Gasteiger partial charge in [0.1, 0.15) is 5.78 Å². The van der Waals surface area contributed by atoms with Gasteiger partial charge in [-0.3, -0.25) is 4.79 Å². The van der Waals surface area contributed by atoms with Crippen molar-refractivity contribution in [3.05, 3.63) is 0 Å². The number of Topliss-reactive ketones (excluding diaryl/α,β-unsaturated/α-hetero) is 1. The van der Waals surface area contributed by atoms with Crippen LogP contribution in [0.1, 0.15) is 52.9 Å². The smallest absolute Gasteiger partial charge is 0.139 e. The highest BCUT2D eigenvalue weighted by molar-refractivity contribution is 5.85. The van der Waals surface area contributed by atoms with Gasteiger partial charge in [0.05, 0.1) is 0 Å². The molecule has 0 heterocycles. The molecule has 3 atom stereocenters. The van der Waals surface area contributed by atoms with Crippen LogP contribution in [-0.4, -0.2) is 19.5 Å². The van der Waals surface area contributed by atoms with E-state index in [4.69, 9.17) is 4.74 Å². The van der Waals surface area contributed by atoms with E-state index in [-0.39, 0.29) is 5.41 Å². The minimum atomic E-state index is -0.149. The van der Waals surface area contributed by atoms with E-state index >= 15 is 0 Å². The molecule has 0 N–H and O–H groups in total. The summed E-state index contributed by atoms with van der Waals surface area (Å²) in [5, 5.41) is 0. The van der Waals surface area contributed by atoms with E-state index < -0.39 is 0 Å². The van der Waals surface area contributed by atoms with Crippen LogP contribution >= 0.6 is 0 Å². The van der Waals surface area contributed by atoms with E-state index in [0.29, 0.717) is 17.6 Å². The topological polar surface area (TPSA) is 26.3 Å². The van der Waals surface area contributed by atoms with Crippen molar-refractivity contribution in [1.29, 1.82) is 0 Å². The van der Waals surface area contributed by atoms with Crippen molar-refractivity contribution in [2.45, 2.75) is 52.9 Å². The summed E-state index contributed by atoms with van der Waals surface area (Å²) in [5.41, 5.74) is -0.149. The lowest BCUT2D eigenvalue weighted by atomic mass is 9.59. The number of methoxy groups -OCH3 is 1. The number of ketones is 1. The first-order chi connectivity index (χ1) is 7.57. The third-order valence-corrected chi connectivity index (χ3v) is 4.51. The van der Waals surface area contributed by atoms with Gasteiger partial charge in [0, 0.05) is 25.6 Å². The fourth-order valence-electron chi connectivity index (χ4n) is 3.13. The summed E-state index contributed by atoms with van der Waals surface area (Å²) in [6, 6.07) is 0. The fraction of sp³-hybridized carbons (Fsp3) is 0.929. The minimum Gasteiger partial charge on any atom is -0.384 e. The molecule has 0 saturated heterocycles. The number of rotatable bonds is 5. The molecular formula is C14H26O2. The lowest BCUT2D eigenvalue weighted by molar-refractivity contribution is -0.139. The third kappa shape index (κ3) is 2.48. The van der Waals surface area contributed by atoms with Gasteiger partial charge in [0.15, 0.2) is 0 Å². The Kier molecular flexibility index (Phi) is 4.97. The lowest BCUT2D eigenvalue weighted by Gasteiger charge is -2.45. The Hall–Kier alpha value is -0.370. The SMILES string of the molecule is CCCC(=O)C1(C)C(C)CCCC1COC. The van der Waals surface area contributed by atoms with Crippen LogP contribution in [0.3, 0.4) is 0 Å². The average molecular weight is 226 g/mol. The fourth-order valence-corrected chi connectivity index (χ4v) is 3.13. The zero-order valence-corrected chi connectivity index (χ0v) is 11.2. The van der Waals surface area contributed by atoms with Crippen molar-refractivity contribution in [2.24, 2.45) is 17.3 Å². The van der Waals surface area contributed by atoms with Crippen LogP contribution in [0.5, 0.6) is 0 Å². The van der Waals surface area contributed by atoms with Gasteiger partial charge in [-0.2, -0.15) is 0 Å². The van der Waals surface area contributed by atoms with Crippen LogP contribution in [0.25, 0.3) is 0 Å². The highest BCUT2D eigenvalue weighted by Gasteiger charge is 2.46. The minimum absolute atomic E-state index is 0.149. The van der Waals surface area contributed by atoms with E-state index in [1.807, 2.05) is 0 Å². The first-order valence-electron chi connectivity index (χ1n) is 6.59. The van der Waals surface area contributed by atoms with Crippen LogP contribution in [0.4, 0.5) is 0 Å². The van der Waals surface area contributed by atoms with E-state index in [1.165, 1.54) is 12.8 Å². The Bertz CT molecular complexity index is 235. The van der Waals surface area contributed by atoms with Crippen LogP contribution in [0, 0.1) is 17.3 Å². The molecule has 0 radical (unpaired) electrons. The number of hydrogen-bond acceptors (Lipinski definition) is 2. The summed E-state index contributed by atoms with van der Waals surface area (Å²) in [6.07, 6.45) is 5.25. The zero-order chi connectivity index (χ0) is 12.2. The van der Waals surface area contributed by atoms with Crippen LogP contribution in [0.15, 0.2) is 0 Å². The van der Waals surface area contributed by atoms with Gasteiger partial charge in [-0.15, -0.1) is 0 Å². The molecule has 0 aromatic heterocycles. The summed E-state index contributed by atoms with van der Waals surface area (Å²) < 4.78 is 5.30. The van der Waals surface area contributed by atoms with Crippen molar-refractivity contribution < 1.29 is 9.53 Å². The number of carbonyl (C=O) groups is 1. The second-order valence-corrected chi connectivity index (χ2v) is 5.44. The standard InChI is InChI=1S/C14H26O2/c1-5-7-13(15)14(3)11(2)8-6-9-12(14)10-16-4/h11-12H,5-10H2,1-4H3. The maximum absolute atomic E-state index is 12.4. The molecule has 16 heavy (non-hydrogen) atoms. The van der Waals surface area contributed by atoms with Crippen molar-refractivity contribution in [1.82, 2.24) is 0 Å². The third-order valence-electron chi connectivity index (χ3n) is 4.51. The Morgan fingerprint density at radius 1 is 1.44 bits per heavy atom. The number of ether oxygens (including phenoxy) is 1. The molecule has 0 aromatic rings. The average Bonchev–Trinajstić information content (AvgIpc) is 2.25. The lowest BCUT2D eigenvalue weighted by Crippen LogP contribution is -2.46. The van der Waals surface area contributed by atoms with Crippen molar-refractivity contribution in [2.75, 3.05) is 13.7 Å². The normalized spacial score (nSPS) is 35.0. The van der Waals surface area contributed by atoms with Gasteiger partial charge in [0.2, 0.25) is 0 Å². The molecule has 0 aliphatic heterocycles. The molecule has 1 rings (SSSR count). The summed E-state index contributed by atoms with van der Waals surface area (Å²) in [5.74, 6) is 1.37. The van der Waals surface area contributed by atoms with Gasteiger partial charge in [-0.1, -0.05) is 27.2 Å². The molecule has 3 unspecified atom stereocenters. The summed E-state index contributed by atoms with van der Waals surface area (Å²) in [7, 11) is 1.74. The first-order valence-corrected chi connectivity index (χ1v) is 6.59. The molecule has 1 fully saturated rings. The highest BCUT2D eigenvalue weighted by Crippen LogP contribution is 2.46. The molecular weight excluding hydrogens is 200 g/mol. The van der Waals surface area contributed by atoms with Crippen LogP contribution in [0.2, 0.25) is 0 Å². The van der Waals surface area contributed by atoms with Crippen LogP contribution < -0.4 is 0 Å². The molecule has 1 aliphatic carbocycles. The van der Waals surface area contributed by atoms with Crippen molar-refractivity contribution >= 4 is 5.78 Å². The van der Waals surface area contributed by atoms with Gasteiger partial charge >= 0.3 is 0 Å². The van der Waals surface area contributed by atoms with Crippen molar-refractivity contribution in [3.8, 4) is 0 Å². The predicted octanol–water partition coefficient (Wildman–Crippen LogP) is 3.44. The molecule has 1 aliphatic rings. The van der Waals surface area contributed by atoms with Gasteiger partial charge < -0.3 is 4.74 Å². The molecule has 94 valence electrons.